The predicted octanol–water partition coefficient (Wildman–Crippen LogP) is 2.64. The normalized spacial score (nSPS) is 22.5. The molecule has 3 atom stereocenters. The highest BCUT2D eigenvalue weighted by Gasteiger charge is 2.46. The second-order valence-electron chi connectivity index (χ2n) is 7.23. The minimum absolute atomic E-state index is 0.00420. The van der Waals surface area contributed by atoms with E-state index in [1.807, 2.05) is 34.8 Å². The third-order valence-corrected chi connectivity index (χ3v) is 5.19. The van der Waals surface area contributed by atoms with Crippen molar-refractivity contribution >= 4 is 11.9 Å². The van der Waals surface area contributed by atoms with Crippen molar-refractivity contribution in [3.05, 3.63) is 48.2 Å². The average molecular weight is 459 g/mol. The SMILES string of the molecule is Cn1cccc1C(=O)N1CCO[C@H]2[C@H](Oc3ncccc3F)CC[C@@H]21.O=C(O)C(F)(F)F. The number of carbonyl (C=O) groups is 2. The molecule has 0 aromatic carbocycles. The van der Waals surface area contributed by atoms with Crippen LogP contribution in [0.2, 0.25) is 0 Å². The summed E-state index contributed by atoms with van der Waals surface area (Å²) in [4.78, 5) is 27.6. The summed E-state index contributed by atoms with van der Waals surface area (Å²) in [6.07, 6.45) is -0.840. The van der Waals surface area contributed by atoms with Crippen molar-refractivity contribution in [3.63, 3.8) is 0 Å². The van der Waals surface area contributed by atoms with E-state index < -0.39 is 18.0 Å². The molecule has 32 heavy (non-hydrogen) atoms. The molecule has 1 aliphatic heterocycles. The number of carboxylic acids is 1. The van der Waals surface area contributed by atoms with Gasteiger partial charge in [-0.1, -0.05) is 0 Å². The maximum absolute atomic E-state index is 13.8. The van der Waals surface area contributed by atoms with Crippen LogP contribution in [0.4, 0.5) is 17.6 Å². The minimum Gasteiger partial charge on any atom is -0.475 e. The fourth-order valence-electron chi connectivity index (χ4n) is 3.73. The minimum atomic E-state index is -5.08. The highest BCUT2D eigenvalue weighted by molar-refractivity contribution is 5.93. The Labute approximate surface area is 180 Å². The first-order valence-electron chi connectivity index (χ1n) is 9.70. The van der Waals surface area contributed by atoms with E-state index in [0.29, 0.717) is 25.3 Å². The molecule has 1 N–H and O–H groups in total. The summed E-state index contributed by atoms with van der Waals surface area (Å²) in [7, 11) is 1.86. The molecule has 3 heterocycles. The van der Waals surface area contributed by atoms with Gasteiger partial charge in [-0.15, -0.1) is 0 Å². The Balaban J connectivity index is 0.000000360. The molecule has 2 aromatic heterocycles. The lowest BCUT2D eigenvalue weighted by atomic mass is 10.1. The number of halogens is 4. The van der Waals surface area contributed by atoms with E-state index >= 15 is 0 Å². The molecule has 174 valence electrons. The maximum atomic E-state index is 13.8. The van der Waals surface area contributed by atoms with Crippen molar-refractivity contribution < 1.29 is 41.7 Å². The van der Waals surface area contributed by atoms with Crippen LogP contribution >= 0.6 is 0 Å². The molecular formula is C20H21F4N3O5. The van der Waals surface area contributed by atoms with Gasteiger partial charge in [-0.3, -0.25) is 4.79 Å². The first kappa shape index (κ1) is 23.5. The summed E-state index contributed by atoms with van der Waals surface area (Å²) in [6, 6.07) is 6.46. The second kappa shape index (κ2) is 9.55. The fraction of sp³-hybridized carbons (Fsp3) is 0.450. The molecule has 8 nitrogen and oxygen atoms in total. The number of nitrogens with zero attached hydrogens (tertiary/aromatic N) is 3. The Morgan fingerprint density at radius 3 is 2.56 bits per heavy atom. The number of hydrogen-bond donors (Lipinski definition) is 1. The van der Waals surface area contributed by atoms with Crippen molar-refractivity contribution in [1.82, 2.24) is 14.5 Å². The highest BCUT2D eigenvalue weighted by atomic mass is 19.4. The second-order valence-corrected chi connectivity index (χ2v) is 7.23. The topological polar surface area (TPSA) is 93.9 Å². The zero-order valence-electron chi connectivity index (χ0n) is 17.0. The van der Waals surface area contributed by atoms with E-state index in [2.05, 4.69) is 4.98 Å². The molecule has 1 saturated heterocycles. The molecular weight excluding hydrogens is 438 g/mol. The average Bonchev–Trinajstić information content (AvgIpc) is 3.35. The molecule has 1 amide bonds. The predicted molar refractivity (Wildman–Crippen MR) is 102 cm³/mol. The van der Waals surface area contributed by atoms with Crippen LogP contribution in [0.25, 0.3) is 0 Å². The van der Waals surface area contributed by atoms with Crippen molar-refractivity contribution in [2.45, 2.75) is 37.3 Å². The molecule has 2 aliphatic rings. The summed E-state index contributed by atoms with van der Waals surface area (Å²) < 4.78 is 59.0. The Kier molecular flexibility index (Phi) is 7.02. The van der Waals surface area contributed by atoms with Crippen LogP contribution in [0.1, 0.15) is 23.3 Å². The van der Waals surface area contributed by atoms with Crippen LogP contribution in [0.15, 0.2) is 36.7 Å². The van der Waals surface area contributed by atoms with E-state index in [4.69, 9.17) is 19.4 Å². The van der Waals surface area contributed by atoms with Gasteiger partial charge in [0.05, 0.1) is 12.6 Å². The smallest absolute Gasteiger partial charge is 0.475 e. The Hall–Kier alpha value is -3.15. The Morgan fingerprint density at radius 2 is 1.97 bits per heavy atom. The molecule has 4 rings (SSSR count). The number of ether oxygens (including phenoxy) is 2. The van der Waals surface area contributed by atoms with Crippen molar-refractivity contribution in [3.8, 4) is 5.88 Å². The first-order valence-corrected chi connectivity index (χ1v) is 9.70. The van der Waals surface area contributed by atoms with Crippen LogP contribution in [0.5, 0.6) is 5.88 Å². The van der Waals surface area contributed by atoms with E-state index in [-0.39, 0.29) is 30.0 Å². The largest absolute Gasteiger partial charge is 0.490 e. The number of aliphatic carboxylic acids is 1. The summed E-state index contributed by atoms with van der Waals surface area (Å²) in [5, 5.41) is 7.12. The molecule has 1 saturated carbocycles. The third-order valence-electron chi connectivity index (χ3n) is 5.19. The quantitative estimate of drug-likeness (QED) is 0.710. The molecule has 0 spiro atoms. The number of carbonyl (C=O) groups excluding carboxylic acids is 1. The van der Waals surface area contributed by atoms with Gasteiger partial charge in [-0.25, -0.2) is 14.2 Å². The van der Waals surface area contributed by atoms with Gasteiger partial charge in [-0.2, -0.15) is 13.2 Å². The van der Waals surface area contributed by atoms with Crippen molar-refractivity contribution in [2.75, 3.05) is 13.2 Å². The maximum Gasteiger partial charge on any atom is 0.490 e. The monoisotopic (exact) mass is 459 g/mol. The zero-order chi connectivity index (χ0) is 23.5. The lowest BCUT2D eigenvalue weighted by molar-refractivity contribution is -0.192. The van der Waals surface area contributed by atoms with Crippen LogP contribution in [0.3, 0.4) is 0 Å². The Morgan fingerprint density at radius 1 is 1.25 bits per heavy atom. The first-order chi connectivity index (χ1) is 15.1. The number of amides is 1. The summed E-state index contributed by atoms with van der Waals surface area (Å²) in [5.74, 6) is -3.26. The van der Waals surface area contributed by atoms with Gasteiger partial charge in [0.1, 0.15) is 17.9 Å². The Bertz CT molecular complexity index is 965. The van der Waals surface area contributed by atoms with E-state index in [1.54, 1.807) is 0 Å². The van der Waals surface area contributed by atoms with Gasteiger partial charge < -0.3 is 24.0 Å². The van der Waals surface area contributed by atoms with E-state index in [9.17, 15) is 22.4 Å². The number of pyridine rings is 1. The van der Waals surface area contributed by atoms with Crippen molar-refractivity contribution in [2.24, 2.45) is 7.05 Å². The van der Waals surface area contributed by atoms with E-state index in [0.717, 1.165) is 6.42 Å². The molecule has 2 aromatic rings. The van der Waals surface area contributed by atoms with Gasteiger partial charge in [0, 0.05) is 26.0 Å². The highest BCUT2D eigenvalue weighted by Crippen LogP contribution is 2.33. The zero-order valence-corrected chi connectivity index (χ0v) is 17.0. The number of aromatic nitrogens is 2. The molecule has 12 heteroatoms. The molecule has 1 aliphatic carbocycles. The summed E-state index contributed by atoms with van der Waals surface area (Å²) in [5.41, 5.74) is 0.654. The summed E-state index contributed by atoms with van der Waals surface area (Å²) >= 11 is 0. The lowest BCUT2D eigenvalue weighted by Crippen LogP contribution is -2.54. The molecule has 0 bridgehead atoms. The van der Waals surface area contributed by atoms with Crippen LogP contribution < -0.4 is 4.74 Å². The molecule has 0 unspecified atom stereocenters. The van der Waals surface area contributed by atoms with Crippen LogP contribution in [-0.2, 0) is 16.6 Å². The van der Waals surface area contributed by atoms with Gasteiger partial charge in [0.25, 0.3) is 11.8 Å². The summed E-state index contributed by atoms with van der Waals surface area (Å²) in [6.45, 7) is 0.998. The number of hydrogen-bond acceptors (Lipinski definition) is 5. The number of alkyl halides is 3. The number of carboxylic acid groups (broad SMARTS) is 1. The van der Waals surface area contributed by atoms with Crippen molar-refractivity contribution in [1.29, 1.82) is 0 Å². The number of aryl methyl sites for hydroxylation is 1. The standard InChI is InChI=1S/C18H20FN3O3.C2HF3O2/c1-21-9-3-5-14(21)18(23)22-10-11-24-16-13(22)6-7-15(16)25-17-12(19)4-2-8-20-17;3-2(4,5)1(6)7/h2-5,8-9,13,15-16H,6-7,10-11H2,1H3;(H,6,7)/t13-,15+,16+;/m0./s1. The van der Waals surface area contributed by atoms with E-state index in [1.165, 1.54) is 18.3 Å². The van der Waals surface area contributed by atoms with Gasteiger partial charge in [0.15, 0.2) is 5.82 Å². The number of fused-ring (bicyclic) bond motifs is 1. The van der Waals surface area contributed by atoms with Gasteiger partial charge in [0.2, 0.25) is 0 Å². The van der Waals surface area contributed by atoms with Crippen LogP contribution in [0, 0.1) is 5.82 Å². The number of rotatable bonds is 3. The van der Waals surface area contributed by atoms with Gasteiger partial charge in [-0.05, 0) is 37.1 Å². The number of morpholine rings is 1. The molecule has 2 fully saturated rings. The lowest BCUT2D eigenvalue weighted by Gasteiger charge is -2.38. The van der Waals surface area contributed by atoms with Gasteiger partial charge >= 0.3 is 12.1 Å². The third kappa shape index (κ3) is 5.18. The van der Waals surface area contributed by atoms with Crippen LogP contribution in [-0.4, -0.2) is 69.0 Å². The fourth-order valence-corrected chi connectivity index (χ4v) is 3.73. The molecule has 0 radical (unpaired) electrons.